The van der Waals surface area contributed by atoms with Crippen molar-refractivity contribution < 1.29 is 9.72 Å². The second kappa shape index (κ2) is 5.26. The van der Waals surface area contributed by atoms with Gasteiger partial charge in [-0.1, -0.05) is 17.7 Å². The van der Waals surface area contributed by atoms with E-state index in [9.17, 15) is 14.9 Å². The van der Waals surface area contributed by atoms with Crippen LogP contribution >= 0.6 is 11.6 Å². The van der Waals surface area contributed by atoms with Gasteiger partial charge in [-0.15, -0.1) is 0 Å². The molecule has 0 aliphatic rings. The van der Waals surface area contributed by atoms with Crippen LogP contribution in [0, 0.1) is 17.0 Å². The number of carbonyl (C=O) groups excluding carboxylic acids is 1. The molecule has 0 radical (unpaired) electrons. The lowest BCUT2D eigenvalue weighted by Gasteiger charge is -2.08. The second-order valence-corrected chi connectivity index (χ2v) is 4.53. The average molecular weight is 292 g/mol. The third-order valence-electron chi connectivity index (χ3n) is 2.75. The fourth-order valence-corrected chi connectivity index (χ4v) is 2.10. The molecule has 0 atom stereocenters. The van der Waals surface area contributed by atoms with Gasteiger partial charge in [-0.25, -0.2) is 4.98 Å². The van der Waals surface area contributed by atoms with Gasteiger partial charge in [-0.2, -0.15) is 0 Å². The van der Waals surface area contributed by atoms with Crippen molar-refractivity contribution in [2.45, 2.75) is 6.92 Å². The SMILES string of the molecule is Cc1cnc(Cl)c(-c2cccc(C(N)=O)c2[N+](=O)[O-])c1. The average Bonchev–Trinajstić information content (AvgIpc) is 2.40. The molecular weight excluding hydrogens is 282 g/mol. The van der Waals surface area contributed by atoms with Crippen molar-refractivity contribution in [1.82, 2.24) is 4.98 Å². The molecule has 0 unspecified atom stereocenters. The zero-order valence-electron chi connectivity index (χ0n) is 10.5. The summed E-state index contributed by atoms with van der Waals surface area (Å²) >= 11 is 5.99. The third-order valence-corrected chi connectivity index (χ3v) is 3.05. The van der Waals surface area contributed by atoms with E-state index in [0.717, 1.165) is 5.56 Å². The van der Waals surface area contributed by atoms with Gasteiger partial charge < -0.3 is 5.73 Å². The summed E-state index contributed by atoms with van der Waals surface area (Å²) in [4.78, 5) is 25.9. The van der Waals surface area contributed by atoms with Crippen LogP contribution in [-0.2, 0) is 0 Å². The normalized spacial score (nSPS) is 10.3. The van der Waals surface area contributed by atoms with Crippen LogP contribution in [-0.4, -0.2) is 15.8 Å². The quantitative estimate of drug-likeness (QED) is 0.534. The molecule has 0 saturated carbocycles. The highest BCUT2D eigenvalue weighted by molar-refractivity contribution is 6.32. The Kier molecular flexibility index (Phi) is 3.67. The van der Waals surface area contributed by atoms with E-state index in [4.69, 9.17) is 17.3 Å². The molecule has 1 aromatic heterocycles. The molecule has 0 spiro atoms. The number of nitrogens with two attached hydrogens (primary N) is 1. The van der Waals surface area contributed by atoms with Crippen LogP contribution in [0.25, 0.3) is 11.1 Å². The number of para-hydroxylation sites is 1. The summed E-state index contributed by atoms with van der Waals surface area (Å²) in [7, 11) is 0. The topological polar surface area (TPSA) is 99.1 Å². The van der Waals surface area contributed by atoms with Gasteiger partial charge in [0.25, 0.3) is 11.6 Å². The molecule has 2 aromatic rings. The number of carbonyl (C=O) groups is 1. The van der Waals surface area contributed by atoms with Crippen molar-refractivity contribution in [3.63, 3.8) is 0 Å². The zero-order chi connectivity index (χ0) is 14.9. The molecule has 20 heavy (non-hydrogen) atoms. The zero-order valence-corrected chi connectivity index (χ0v) is 11.2. The van der Waals surface area contributed by atoms with Crippen LogP contribution in [0.1, 0.15) is 15.9 Å². The Hall–Kier alpha value is -2.47. The number of benzene rings is 1. The van der Waals surface area contributed by atoms with Gasteiger partial charge in [0.05, 0.1) is 10.5 Å². The monoisotopic (exact) mass is 291 g/mol. The Balaban J connectivity index is 2.80. The fraction of sp³-hybridized carbons (Fsp3) is 0.0769. The Bertz CT molecular complexity index is 716. The van der Waals surface area contributed by atoms with E-state index < -0.39 is 10.8 Å². The molecule has 0 fully saturated rings. The Morgan fingerprint density at radius 3 is 2.70 bits per heavy atom. The number of aromatic nitrogens is 1. The van der Waals surface area contributed by atoms with Gasteiger partial charge in [-0.3, -0.25) is 14.9 Å². The van der Waals surface area contributed by atoms with Crippen molar-refractivity contribution in [3.8, 4) is 11.1 Å². The molecule has 6 nitrogen and oxygen atoms in total. The Morgan fingerprint density at radius 2 is 2.10 bits per heavy atom. The van der Waals surface area contributed by atoms with Crippen LogP contribution in [0.2, 0.25) is 5.15 Å². The van der Waals surface area contributed by atoms with E-state index in [-0.39, 0.29) is 22.0 Å². The second-order valence-electron chi connectivity index (χ2n) is 4.17. The van der Waals surface area contributed by atoms with E-state index in [2.05, 4.69) is 4.98 Å². The van der Waals surface area contributed by atoms with Crippen LogP contribution in [0.3, 0.4) is 0 Å². The molecule has 1 amide bonds. The molecule has 1 aromatic carbocycles. The minimum Gasteiger partial charge on any atom is -0.365 e. The van der Waals surface area contributed by atoms with Crippen LogP contribution in [0.5, 0.6) is 0 Å². The van der Waals surface area contributed by atoms with E-state index in [1.807, 2.05) is 0 Å². The van der Waals surface area contributed by atoms with E-state index in [0.29, 0.717) is 5.56 Å². The summed E-state index contributed by atoms with van der Waals surface area (Å²) in [5.74, 6) is -0.865. The molecule has 2 rings (SSSR count). The lowest BCUT2D eigenvalue weighted by molar-refractivity contribution is -0.384. The van der Waals surface area contributed by atoms with Gasteiger partial charge >= 0.3 is 0 Å². The highest BCUT2D eigenvalue weighted by atomic mass is 35.5. The van der Waals surface area contributed by atoms with Gasteiger partial charge in [-0.05, 0) is 30.7 Å². The van der Waals surface area contributed by atoms with Crippen molar-refractivity contribution in [2.75, 3.05) is 0 Å². The number of nitrogens with zero attached hydrogens (tertiary/aromatic N) is 2. The number of aryl methyl sites for hydroxylation is 1. The molecule has 0 aliphatic carbocycles. The predicted octanol–water partition coefficient (Wildman–Crippen LogP) is 2.72. The number of amides is 1. The lowest BCUT2D eigenvalue weighted by atomic mass is 10.0. The van der Waals surface area contributed by atoms with Gasteiger partial charge in [0, 0.05) is 11.8 Å². The number of primary amides is 1. The van der Waals surface area contributed by atoms with Crippen LogP contribution in [0.4, 0.5) is 5.69 Å². The van der Waals surface area contributed by atoms with Crippen molar-refractivity contribution in [1.29, 1.82) is 0 Å². The number of nitro benzene ring substituents is 1. The maximum absolute atomic E-state index is 11.3. The van der Waals surface area contributed by atoms with Gasteiger partial charge in [0.1, 0.15) is 10.7 Å². The molecule has 1 heterocycles. The van der Waals surface area contributed by atoms with Crippen molar-refractivity contribution >= 4 is 23.2 Å². The van der Waals surface area contributed by atoms with Gasteiger partial charge in [0.2, 0.25) is 0 Å². The van der Waals surface area contributed by atoms with Gasteiger partial charge in [0.15, 0.2) is 0 Å². The van der Waals surface area contributed by atoms with E-state index in [1.54, 1.807) is 19.2 Å². The minimum absolute atomic E-state index is 0.125. The fourth-order valence-electron chi connectivity index (χ4n) is 1.90. The van der Waals surface area contributed by atoms with E-state index >= 15 is 0 Å². The molecule has 102 valence electrons. The number of hydrogen-bond acceptors (Lipinski definition) is 4. The number of rotatable bonds is 3. The largest absolute Gasteiger partial charge is 0.365 e. The summed E-state index contributed by atoms with van der Waals surface area (Å²) in [6.07, 6.45) is 1.55. The summed E-state index contributed by atoms with van der Waals surface area (Å²) in [5.41, 5.74) is 6.05. The predicted molar refractivity (Wildman–Crippen MR) is 74.6 cm³/mol. The first kappa shape index (κ1) is 14.0. The van der Waals surface area contributed by atoms with Crippen molar-refractivity contribution in [2.24, 2.45) is 5.73 Å². The lowest BCUT2D eigenvalue weighted by Crippen LogP contribution is -2.14. The Morgan fingerprint density at radius 1 is 1.40 bits per heavy atom. The smallest absolute Gasteiger partial charge is 0.290 e. The minimum atomic E-state index is -0.865. The van der Waals surface area contributed by atoms with E-state index in [1.165, 1.54) is 18.2 Å². The number of nitro groups is 1. The molecule has 0 bridgehead atoms. The summed E-state index contributed by atoms with van der Waals surface area (Å²) in [6, 6.07) is 6.00. The van der Waals surface area contributed by atoms with Crippen LogP contribution < -0.4 is 5.73 Å². The first-order chi connectivity index (χ1) is 9.41. The highest BCUT2D eigenvalue weighted by Gasteiger charge is 2.25. The standard InChI is InChI=1S/C13H10ClN3O3/c1-7-5-10(12(14)16-6-7)8-3-2-4-9(13(15)18)11(8)17(19)20/h2-6H,1H3,(H2,15,18). The molecule has 0 aliphatic heterocycles. The van der Waals surface area contributed by atoms with Crippen LogP contribution in [0.15, 0.2) is 30.5 Å². The number of hydrogen-bond donors (Lipinski definition) is 1. The molecule has 7 heteroatoms. The molecule has 2 N–H and O–H groups in total. The maximum atomic E-state index is 11.3. The first-order valence-corrected chi connectivity index (χ1v) is 5.99. The first-order valence-electron chi connectivity index (χ1n) is 5.61. The highest BCUT2D eigenvalue weighted by Crippen LogP contribution is 2.36. The molecular formula is C13H10ClN3O3. The Labute approximate surface area is 119 Å². The van der Waals surface area contributed by atoms with Crippen molar-refractivity contribution in [3.05, 3.63) is 56.9 Å². The number of pyridine rings is 1. The number of halogens is 1. The summed E-state index contributed by atoms with van der Waals surface area (Å²) in [5, 5.41) is 11.4. The molecule has 0 saturated heterocycles. The third kappa shape index (κ3) is 2.46. The summed E-state index contributed by atoms with van der Waals surface area (Å²) in [6.45, 7) is 1.79. The maximum Gasteiger partial charge on any atom is 0.290 e. The summed E-state index contributed by atoms with van der Waals surface area (Å²) < 4.78 is 0.